The van der Waals surface area contributed by atoms with E-state index in [9.17, 15) is 9.90 Å². The first-order valence-electron chi connectivity index (χ1n) is 11.4. The summed E-state index contributed by atoms with van der Waals surface area (Å²) in [6, 6.07) is 24.9. The molecule has 1 aromatic heterocycles. The van der Waals surface area contributed by atoms with E-state index < -0.39 is 12.1 Å². The zero-order valence-corrected chi connectivity index (χ0v) is 19.4. The van der Waals surface area contributed by atoms with Crippen LogP contribution in [0.15, 0.2) is 83.3 Å². The van der Waals surface area contributed by atoms with Gasteiger partial charge in [-0.15, -0.1) is 0 Å². The van der Waals surface area contributed by atoms with Crippen molar-refractivity contribution in [1.82, 2.24) is 4.90 Å². The fraction of sp³-hybridized carbons (Fsp3) is 0.250. The number of hydrogen-bond acceptors (Lipinski definition) is 6. The third-order valence-electron chi connectivity index (χ3n) is 5.44. The first-order valence-corrected chi connectivity index (χ1v) is 11.4. The standard InChI is InChI=1S/C28H29NO5/c1-3-32-28(31)26-24-16-23(14-15-25(24)34-27(26)21-12-8-5-9-13-21)33-19-22(30)18-29(2)17-20-10-6-4-7-11-20/h4-16,22,30H,3,17-19H2,1-2H3/t22-/m0/s1. The summed E-state index contributed by atoms with van der Waals surface area (Å²) >= 11 is 0. The highest BCUT2D eigenvalue weighted by molar-refractivity contribution is 6.09. The van der Waals surface area contributed by atoms with Gasteiger partial charge in [0.2, 0.25) is 0 Å². The van der Waals surface area contributed by atoms with Crippen molar-refractivity contribution in [3.63, 3.8) is 0 Å². The molecule has 34 heavy (non-hydrogen) atoms. The molecule has 0 aliphatic heterocycles. The number of likely N-dealkylation sites (N-methyl/N-ethyl adjacent to an activating group) is 1. The molecule has 0 saturated heterocycles. The molecule has 0 fully saturated rings. The molecule has 4 aromatic rings. The Kier molecular flexibility index (Phi) is 7.62. The van der Waals surface area contributed by atoms with Crippen LogP contribution in [-0.4, -0.2) is 48.9 Å². The van der Waals surface area contributed by atoms with E-state index in [0.717, 1.165) is 12.1 Å². The number of hydrogen-bond donors (Lipinski definition) is 1. The fourth-order valence-corrected chi connectivity index (χ4v) is 3.93. The second-order valence-corrected chi connectivity index (χ2v) is 8.20. The van der Waals surface area contributed by atoms with E-state index in [1.807, 2.05) is 60.5 Å². The average molecular weight is 460 g/mol. The number of aliphatic hydroxyl groups excluding tert-OH is 1. The van der Waals surface area contributed by atoms with Crippen LogP contribution >= 0.6 is 0 Å². The molecule has 0 saturated carbocycles. The molecule has 0 radical (unpaired) electrons. The number of ether oxygens (including phenoxy) is 2. The lowest BCUT2D eigenvalue weighted by atomic mass is 10.1. The van der Waals surface area contributed by atoms with Gasteiger partial charge in [-0.2, -0.15) is 0 Å². The monoisotopic (exact) mass is 459 g/mol. The van der Waals surface area contributed by atoms with Gasteiger partial charge in [0, 0.05) is 24.0 Å². The van der Waals surface area contributed by atoms with Crippen molar-refractivity contribution in [2.75, 3.05) is 26.8 Å². The van der Waals surface area contributed by atoms with Gasteiger partial charge in [-0.1, -0.05) is 60.7 Å². The Morgan fingerprint density at radius 3 is 2.44 bits per heavy atom. The Hall–Kier alpha value is -3.61. The van der Waals surface area contributed by atoms with Crippen molar-refractivity contribution < 1.29 is 23.8 Å². The molecule has 1 N–H and O–H groups in total. The molecule has 176 valence electrons. The second kappa shape index (κ2) is 11.0. The summed E-state index contributed by atoms with van der Waals surface area (Å²) in [5.41, 5.74) is 2.92. The summed E-state index contributed by atoms with van der Waals surface area (Å²) in [6.45, 7) is 3.37. The van der Waals surface area contributed by atoms with Gasteiger partial charge in [0.1, 0.15) is 35.4 Å². The summed E-state index contributed by atoms with van der Waals surface area (Å²) in [5, 5.41) is 11.1. The van der Waals surface area contributed by atoms with Crippen molar-refractivity contribution in [3.8, 4) is 17.1 Å². The van der Waals surface area contributed by atoms with Crippen molar-refractivity contribution >= 4 is 16.9 Å². The number of furan rings is 1. The normalized spacial score (nSPS) is 12.1. The van der Waals surface area contributed by atoms with E-state index in [1.165, 1.54) is 5.56 Å². The Balaban J connectivity index is 1.49. The highest BCUT2D eigenvalue weighted by Crippen LogP contribution is 2.36. The maximum Gasteiger partial charge on any atom is 0.342 e. The van der Waals surface area contributed by atoms with E-state index in [2.05, 4.69) is 12.1 Å². The lowest BCUT2D eigenvalue weighted by Crippen LogP contribution is -2.32. The smallest absolute Gasteiger partial charge is 0.342 e. The third-order valence-corrected chi connectivity index (χ3v) is 5.44. The van der Waals surface area contributed by atoms with Gasteiger partial charge in [0.05, 0.1) is 6.61 Å². The van der Waals surface area contributed by atoms with E-state index in [-0.39, 0.29) is 13.2 Å². The van der Waals surface area contributed by atoms with Gasteiger partial charge in [0.25, 0.3) is 0 Å². The quantitative estimate of drug-likeness (QED) is 0.331. The number of benzene rings is 3. The lowest BCUT2D eigenvalue weighted by Gasteiger charge is -2.21. The van der Waals surface area contributed by atoms with Crippen LogP contribution in [0.2, 0.25) is 0 Å². The Morgan fingerprint density at radius 1 is 1.03 bits per heavy atom. The molecular formula is C28H29NO5. The molecular weight excluding hydrogens is 430 g/mol. The lowest BCUT2D eigenvalue weighted by molar-refractivity contribution is 0.0528. The molecule has 1 atom stereocenters. The zero-order valence-electron chi connectivity index (χ0n) is 19.4. The molecule has 0 amide bonds. The molecule has 0 aliphatic rings. The van der Waals surface area contributed by atoms with E-state index in [1.54, 1.807) is 25.1 Å². The fourth-order valence-electron chi connectivity index (χ4n) is 3.93. The van der Waals surface area contributed by atoms with Crippen LogP contribution in [0.3, 0.4) is 0 Å². The molecule has 0 spiro atoms. The molecule has 0 aliphatic carbocycles. The number of fused-ring (bicyclic) bond motifs is 1. The van der Waals surface area contributed by atoms with Crippen LogP contribution in [0.5, 0.6) is 5.75 Å². The Morgan fingerprint density at radius 2 is 1.74 bits per heavy atom. The largest absolute Gasteiger partial charge is 0.491 e. The number of carbonyl (C=O) groups excluding carboxylic acids is 1. The van der Waals surface area contributed by atoms with Gasteiger partial charge in [-0.3, -0.25) is 4.90 Å². The summed E-state index contributed by atoms with van der Waals surface area (Å²) in [7, 11) is 1.96. The summed E-state index contributed by atoms with van der Waals surface area (Å²) in [6.07, 6.45) is -0.668. The van der Waals surface area contributed by atoms with Crippen molar-refractivity contribution in [3.05, 3.63) is 90.0 Å². The van der Waals surface area contributed by atoms with Gasteiger partial charge in [-0.05, 0) is 37.7 Å². The minimum absolute atomic E-state index is 0.128. The molecule has 4 rings (SSSR count). The average Bonchev–Trinajstić information content (AvgIpc) is 3.23. The number of aliphatic hydroxyl groups is 1. The molecule has 1 heterocycles. The number of esters is 1. The van der Waals surface area contributed by atoms with E-state index >= 15 is 0 Å². The molecule has 0 unspecified atom stereocenters. The molecule has 3 aromatic carbocycles. The Bertz CT molecular complexity index is 1220. The van der Waals surface area contributed by atoms with Gasteiger partial charge in [-0.25, -0.2) is 4.79 Å². The maximum absolute atomic E-state index is 12.8. The van der Waals surface area contributed by atoms with Crippen molar-refractivity contribution in [2.24, 2.45) is 0 Å². The number of rotatable bonds is 10. The topological polar surface area (TPSA) is 72.1 Å². The minimum atomic E-state index is -0.668. The van der Waals surface area contributed by atoms with Crippen LogP contribution in [-0.2, 0) is 11.3 Å². The first-order chi connectivity index (χ1) is 16.5. The van der Waals surface area contributed by atoms with Gasteiger partial charge < -0.3 is 19.0 Å². The first kappa shape index (κ1) is 23.5. The zero-order chi connectivity index (χ0) is 23.9. The second-order valence-electron chi connectivity index (χ2n) is 8.20. The highest BCUT2D eigenvalue weighted by atomic mass is 16.5. The predicted octanol–water partition coefficient (Wildman–Crippen LogP) is 5.15. The molecule has 6 heteroatoms. The van der Waals surface area contributed by atoms with Crippen LogP contribution in [0, 0.1) is 0 Å². The number of nitrogens with zero attached hydrogens (tertiary/aromatic N) is 1. The van der Waals surface area contributed by atoms with E-state index in [0.29, 0.717) is 34.6 Å². The van der Waals surface area contributed by atoms with E-state index in [4.69, 9.17) is 13.9 Å². The molecule has 6 nitrogen and oxygen atoms in total. The summed E-state index contributed by atoms with van der Waals surface area (Å²) in [5.74, 6) is 0.566. The highest BCUT2D eigenvalue weighted by Gasteiger charge is 2.23. The van der Waals surface area contributed by atoms with Crippen LogP contribution in [0.4, 0.5) is 0 Å². The van der Waals surface area contributed by atoms with Crippen molar-refractivity contribution in [1.29, 1.82) is 0 Å². The van der Waals surface area contributed by atoms with Gasteiger partial charge in [0.15, 0.2) is 0 Å². The minimum Gasteiger partial charge on any atom is -0.491 e. The third kappa shape index (κ3) is 5.65. The summed E-state index contributed by atoms with van der Waals surface area (Å²) < 4.78 is 17.2. The predicted molar refractivity (Wildman–Crippen MR) is 132 cm³/mol. The van der Waals surface area contributed by atoms with Crippen molar-refractivity contribution in [2.45, 2.75) is 19.6 Å². The Labute approximate surface area is 199 Å². The maximum atomic E-state index is 12.8. The van der Waals surface area contributed by atoms with Crippen LogP contribution in [0.25, 0.3) is 22.3 Å². The number of carbonyl (C=O) groups is 1. The SMILES string of the molecule is CCOC(=O)c1c(-c2ccccc2)oc2ccc(OC[C@@H](O)CN(C)Cc3ccccc3)cc12. The molecule has 0 bridgehead atoms. The van der Waals surface area contributed by atoms with Crippen LogP contribution in [0.1, 0.15) is 22.8 Å². The van der Waals surface area contributed by atoms with Gasteiger partial charge >= 0.3 is 5.97 Å². The summed E-state index contributed by atoms with van der Waals surface area (Å²) in [4.78, 5) is 14.8. The van der Waals surface area contributed by atoms with Crippen LogP contribution < -0.4 is 4.74 Å².